The monoisotopic (exact) mass is 279 g/mol. The maximum atomic E-state index is 12.9. The molecule has 0 unspecified atom stereocenters. The highest BCUT2D eigenvalue weighted by Crippen LogP contribution is 2.29. The predicted octanol–water partition coefficient (Wildman–Crippen LogP) is 2.21. The van der Waals surface area contributed by atoms with E-state index in [1.54, 1.807) is 19.1 Å². The maximum Gasteiger partial charge on any atom is 0.423 e. The van der Waals surface area contributed by atoms with E-state index in [0.29, 0.717) is 10.5 Å². The van der Waals surface area contributed by atoms with E-state index in [9.17, 15) is 18.8 Å². The molecule has 0 N–H and O–H groups in total. The SMILES string of the molecule is CCOC(=O)N1C(=O)CC(c2ccc(F)cc2)CC1=O. The highest BCUT2D eigenvalue weighted by molar-refractivity contribution is 6.10. The third-order valence-corrected chi connectivity index (χ3v) is 3.13. The third kappa shape index (κ3) is 2.84. The fourth-order valence-electron chi connectivity index (χ4n) is 2.18. The third-order valence-electron chi connectivity index (χ3n) is 3.13. The van der Waals surface area contributed by atoms with Gasteiger partial charge < -0.3 is 4.74 Å². The van der Waals surface area contributed by atoms with Crippen molar-refractivity contribution in [3.05, 3.63) is 35.6 Å². The maximum absolute atomic E-state index is 12.9. The first-order valence-corrected chi connectivity index (χ1v) is 6.31. The van der Waals surface area contributed by atoms with Crippen LogP contribution in [0.15, 0.2) is 24.3 Å². The molecule has 0 aliphatic carbocycles. The average Bonchev–Trinajstić information content (AvgIpc) is 2.39. The van der Waals surface area contributed by atoms with Gasteiger partial charge in [-0.1, -0.05) is 12.1 Å². The Morgan fingerprint density at radius 1 is 1.25 bits per heavy atom. The molecule has 1 fully saturated rings. The number of imide groups is 3. The Morgan fingerprint density at radius 2 is 1.80 bits per heavy atom. The zero-order chi connectivity index (χ0) is 14.7. The van der Waals surface area contributed by atoms with Crippen molar-refractivity contribution in [2.75, 3.05) is 6.61 Å². The number of piperidine rings is 1. The van der Waals surface area contributed by atoms with Crippen LogP contribution in [0.3, 0.4) is 0 Å². The van der Waals surface area contributed by atoms with Crippen LogP contribution in [0.4, 0.5) is 9.18 Å². The Bertz CT molecular complexity index is 523. The molecule has 1 aliphatic rings. The number of ether oxygens (including phenoxy) is 1. The van der Waals surface area contributed by atoms with Gasteiger partial charge in [-0.15, -0.1) is 0 Å². The minimum Gasteiger partial charge on any atom is -0.449 e. The number of benzene rings is 1. The van der Waals surface area contributed by atoms with E-state index >= 15 is 0 Å². The summed E-state index contributed by atoms with van der Waals surface area (Å²) >= 11 is 0. The number of amides is 3. The van der Waals surface area contributed by atoms with Gasteiger partial charge in [-0.3, -0.25) is 9.59 Å². The molecule has 1 saturated heterocycles. The summed E-state index contributed by atoms with van der Waals surface area (Å²) in [5.74, 6) is -1.89. The number of hydrogen-bond acceptors (Lipinski definition) is 4. The normalized spacial score (nSPS) is 16.4. The number of nitrogens with zero attached hydrogens (tertiary/aromatic N) is 1. The highest BCUT2D eigenvalue weighted by Gasteiger charge is 2.38. The average molecular weight is 279 g/mol. The Hall–Kier alpha value is -2.24. The molecule has 3 amide bonds. The fraction of sp³-hybridized carbons (Fsp3) is 0.357. The van der Waals surface area contributed by atoms with E-state index in [2.05, 4.69) is 4.74 Å². The smallest absolute Gasteiger partial charge is 0.423 e. The second-order valence-corrected chi connectivity index (χ2v) is 4.48. The van der Waals surface area contributed by atoms with Crippen LogP contribution in [0.5, 0.6) is 0 Å². The first kappa shape index (κ1) is 14.2. The van der Waals surface area contributed by atoms with Crippen LogP contribution < -0.4 is 0 Å². The van der Waals surface area contributed by atoms with Crippen molar-refractivity contribution in [1.82, 2.24) is 4.90 Å². The van der Waals surface area contributed by atoms with Crippen LogP contribution in [0, 0.1) is 5.82 Å². The Labute approximate surface area is 115 Å². The fourth-order valence-corrected chi connectivity index (χ4v) is 2.18. The van der Waals surface area contributed by atoms with Gasteiger partial charge in [-0.05, 0) is 24.6 Å². The van der Waals surface area contributed by atoms with Gasteiger partial charge in [0.2, 0.25) is 11.8 Å². The lowest BCUT2D eigenvalue weighted by atomic mass is 9.89. The molecule has 5 nitrogen and oxygen atoms in total. The van der Waals surface area contributed by atoms with Crippen molar-refractivity contribution < 1.29 is 23.5 Å². The van der Waals surface area contributed by atoms with Gasteiger partial charge in [-0.25, -0.2) is 9.18 Å². The van der Waals surface area contributed by atoms with Gasteiger partial charge in [0.1, 0.15) is 5.82 Å². The number of hydrogen-bond donors (Lipinski definition) is 0. The molecule has 0 atom stereocenters. The first-order chi connectivity index (χ1) is 9.52. The molecule has 0 spiro atoms. The van der Waals surface area contributed by atoms with Crippen LogP contribution in [-0.2, 0) is 14.3 Å². The van der Waals surface area contributed by atoms with Crippen LogP contribution in [0.25, 0.3) is 0 Å². The summed E-state index contributed by atoms with van der Waals surface area (Å²) in [5.41, 5.74) is 0.705. The summed E-state index contributed by atoms with van der Waals surface area (Å²) in [6.07, 6.45) is -0.883. The van der Waals surface area contributed by atoms with Crippen LogP contribution >= 0.6 is 0 Å². The standard InChI is InChI=1S/C14H14FNO4/c1-2-20-14(19)16-12(17)7-10(8-13(16)18)9-3-5-11(15)6-4-9/h3-6,10H,2,7-8H2,1H3. The molecule has 6 heteroatoms. The van der Waals surface area contributed by atoms with Crippen LogP contribution in [0.1, 0.15) is 31.2 Å². The quantitative estimate of drug-likeness (QED) is 0.779. The zero-order valence-electron chi connectivity index (χ0n) is 11.0. The lowest BCUT2D eigenvalue weighted by Crippen LogP contribution is -2.46. The number of likely N-dealkylation sites (tertiary alicyclic amines) is 1. The molecule has 2 rings (SSSR count). The molecular weight excluding hydrogens is 265 g/mol. The van der Waals surface area contributed by atoms with Gasteiger partial charge in [0, 0.05) is 18.8 Å². The minimum atomic E-state index is -0.931. The predicted molar refractivity (Wildman–Crippen MR) is 67.3 cm³/mol. The Kier molecular flexibility index (Phi) is 4.12. The Morgan fingerprint density at radius 3 is 2.30 bits per heavy atom. The van der Waals surface area contributed by atoms with Crippen molar-refractivity contribution in [3.8, 4) is 0 Å². The molecule has 20 heavy (non-hydrogen) atoms. The van der Waals surface area contributed by atoms with E-state index in [1.165, 1.54) is 12.1 Å². The topological polar surface area (TPSA) is 63.7 Å². The van der Waals surface area contributed by atoms with Gasteiger partial charge in [-0.2, -0.15) is 4.90 Å². The summed E-state index contributed by atoms with van der Waals surface area (Å²) in [6, 6.07) is 5.64. The Balaban J connectivity index is 2.13. The second-order valence-electron chi connectivity index (χ2n) is 4.48. The van der Waals surface area contributed by atoms with E-state index in [4.69, 9.17) is 0 Å². The summed E-state index contributed by atoms with van der Waals surface area (Å²) in [7, 11) is 0. The second kappa shape index (κ2) is 5.81. The van der Waals surface area contributed by atoms with Crippen molar-refractivity contribution in [2.45, 2.75) is 25.7 Å². The summed E-state index contributed by atoms with van der Waals surface area (Å²) in [6.45, 7) is 1.69. The molecule has 0 aromatic heterocycles. The first-order valence-electron chi connectivity index (χ1n) is 6.31. The van der Waals surface area contributed by atoms with Crippen molar-refractivity contribution in [3.63, 3.8) is 0 Å². The van der Waals surface area contributed by atoms with E-state index in [-0.39, 0.29) is 31.2 Å². The molecule has 0 radical (unpaired) electrons. The summed E-state index contributed by atoms with van der Waals surface area (Å²) < 4.78 is 17.5. The van der Waals surface area contributed by atoms with E-state index < -0.39 is 17.9 Å². The molecule has 1 aliphatic heterocycles. The van der Waals surface area contributed by atoms with Crippen LogP contribution in [-0.4, -0.2) is 29.4 Å². The molecular formula is C14H14FNO4. The zero-order valence-corrected chi connectivity index (χ0v) is 11.0. The van der Waals surface area contributed by atoms with Gasteiger partial charge in [0.15, 0.2) is 0 Å². The molecule has 0 saturated carbocycles. The molecule has 106 valence electrons. The number of carbonyl (C=O) groups is 3. The number of rotatable bonds is 2. The van der Waals surface area contributed by atoms with Gasteiger partial charge in [0.25, 0.3) is 0 Å². The number of halogens is 1. The molecule has 1 aromatic carbocycles. The lowest BCUT2D eigenvalue weighted by molar-refractivity contribution is -0.146. The highest BCUT2D eigenvalue weighted by atomic mass is 19.1. The van der Waals surface area contributed by atoms with Crippen molar-refractivity contribution in [2.24, 2.45) is 0 Å². The van der Waals surface area contributed by atoms with Gasteiger partial charge in [0.05, 0.1) is 6.61 Å². The molecule has 0 bridgehead atoms. The molecule has 1 heterocycles. The lowest BCUT2D eigenvalue weighted by Gasteiger charge is -2.28. The van der Waals surface area contributed by atoms with Crippen molar-refractivity contribution in [1.29, 1.82) is 0 Å². The van der Waals surface area contributed by atoms with Crippen molar-refractivity contribution >= 4 is 17.9 Å². The van der Waals surface area contributed by atoms with Gasteiger partial charge >= 0.3 is 6.09 Å². The number of carbonyl (C=O) groups excluding carboxylic acids is 3. The summed E-state index contributed by atoms with van der Waals surface area (Å²) in [4.78, 5) is 35.9. The summed E-state index contributed by atoms with van der Waals surface area (Å²) in [5, 5.41) is 0. The van der Waals surface area contributed by atoms with E-state index in [0.717, 1.165) is 0 Å². The minimum absolute atomic E-state index is 0.0240. The molecule has 1 aromatic rings. The largest absolute Gasteiger partial charge is 0.449 e. The van der Waals surface area contributed by atoms with E-state index in [1.807, 2.05) is 0 Å². The van der Waals surface area contributed by atoms with Crippen LogP contribution in [0.2, 0.25) is 0 Å².